The Hall–Kier alpha value is -2.89. The fraction of sp³-hybridized carbons (Fsp3) is 0.750. The summed E-state index contributed by atoms with van der Waals surface area (Å²) < 4.78 is 0. The maximum Gasteiger partial charge on any atom is 0.326 e. The normalized spacial score (nSPS) is 13.7. The van der Waals surface area contributed by atoms with E-state index in [4.69, 9.17) is 17.2 Å². The van der Waals surface area contributed by atoms with Gasteiger partial charge >= 0.3 is 5.97 Å². The second-order valence-corrected chi connectivity index (χ2v) is 8.55. The number of carboxylic acids is 1. The summed E-state index contributed by atoms with van der Waals surface area (Å²) in [5.74, 6) is -2.71. The first-order chi connectivity index (χ1) is 14.8. The molecule has 0 aromatic heterocycles. The molecule has 3 atom stereocenters. The van der Waals surface area contributed by atoms with Crippen LogP contribution in [0.3, 0.4) is 0 Å². The predicted octanol–water partition coefficient (Wildman–Crippen LogP) is -1.37. The molecular formula is C20H39N7O5. The lowest BCUT2D eigenvalue weighted by Crippen LogP contribution is -2.53. The summed E-state index contributed by atoms with van der Waals surface area (Å²) in [7, 11) is 0. The quantitative estimate of drug-likeness (QED) is 0.0882. The molecule has 12 nitrogen and oxygen atoms in total. The van der Waals surface area contributed by atoms with Crippen molar-refractivity contribution in [2.45, 2.75) is 71.5 Å². The number of carbonyl (C=O) groups is 4. The van der Waals surface area contributed by atoms with Crippen LogP contribution in [0.1, 0.15) is 53.4 Å². The van der Waals surface area contributed by atoms with Crippen LogP contribution in [-0.4, -0.2) is 66.0 Å². The fourth-order valence-corrected chi connectivity index (χ4v) is 2.86. The van der Waals surface area contributed by atoms with Gasteiger partial charge < -0.3 is 38.3 Å². The summed E-state index contributed by atoms with van der Waals surface area (Å²) in [6, 6.07) is -2.77. The van der Waals surface area contributed by atoms with Crippen LogP contribution in [-0.2, 0) is 19.2 Å². The molecule has 3 amide bonds. The van der Waals surface area contributed by atoms with Gasteiger partial charge in [0.25, 0.3) is 0 Å². The van der Waals surface area contributed by atoms with Crippen LogP contribution < -0.4 is 33.2 Å². The first-order valence-corrected chi connectivity index (χ1v) is 10.7. The van der Waals surface area contributed by atoms with Gasteiger partial charge in [-0.05, 0) is 37.5 Å². The summed E-state index contributed by atoms with van der Waals surface area (Å²) in [4.78, 5) is 52.1. The van der Waals surface area contributed by atoms with E-state index < -0.39 is 48.4 Å². The van der Waals surface area contributed by atoms with Crippen molar-refractivity contribution in [3.63, 3.8) is 0 Å². The van der Waals surface area contributed by atoms with Crippen molar-refractivity contribution in [3.05, 3.63) is 0 Å². The lowest BCUT2D eigenvalue weighted by Gasteiger charge is -2.22. The van der Waals surface area contributed by atoms with Gasteiger partial charge in [-0.3, -0.25) is 19.4 Å². The molecule has 0 spiro atoms. The molecule has 0 aliphatic heterocycles. The molecule has 32 heavy (non-hydrogen) atoms. The van der Waals surface area contributed by atoms with Crippen LogP contribution in [0.5, 0.6) is 0 Å². The summed E-state index contributed by atoms with van der Waals surface area (Å²) in [6.07, 6.45) is 1.43. The maximum absolute atomic E-state index is 12.6. The largest absolute Gasteiger partial charge is 0.480 e. The molecule has 0 heterocycles. The molecule has 3 unspecified atom stereocenters. The molecule has 0 saturated heterocycles. The number of guanidine groups is 1. The van der Waals surface area contributed by atoms with Crippen LogP contribution in [0.25, 0.3) is 0 Å². The van der Waals surface area contributed by atoms with E-state index in [1.165, 1.54) is 0 Å². The zero-order valence-corrected chi connectivity index (χ0v) is 19.4. The number of hydrogen-bond acceptors (Lipinski definition) is 6. The van der Waals surface area contributed by atoms with E-state index in [0.717, 1.165) is 0 Å². The molecule has 0 radical (unpaired) electrons. The molecule has 0 aliphatic rings. The monoisotopic (exact) mass is 457 g/mol. The third-order valence-electron chi connectivity index (χ3n) is 4.41. The topological polar surface area (TPSA) is 215 Å². The predicted molar refractivity (Wildman–Crippen MR) is 121 cm³/mol. The third kappa shape index (κ3) is 13.4. The van der Waals surface area contributed by atoms with Crippen LogP contribution in [0.4, 0.5) is 0 Å². The van der Waals surface area contributed by atoms with Gasteiger partial charge in [-0.15, -0.1) is 0 Å². The Kier molecular flexibility index (Phi) is 13.6. The van der Waals surface area contributed by atoms with E-state index in [2.05, 4.69) is 20.9 Å². The van der Waals surface area contributed by atoms with Crippen molar-refractivity contribution >= 4 is 29.7 Å². The minimum absolute atomic E-state index is 0.0420. The van der Waals surface area contributed by atoms with Crippen LogP contribution in [0.2, 0.25) is 0 Å². The van der Waals surface area contributed by atoms with Gasteiger partial charge in [0, 0.05) is 6.54 Å². The average molecular weight is 458 g/mol. The second-order valence-electron chi connectivity index (χ2n) is 8.55. The van der Waals surface area contributed by atoms with E-state index in [-0.39, 0.29) is 24.2 Å². The molecule has 10 N–H and O–H groups in total. The molecule has 0 aliphatic carbocycles. The van der Waals surface area contributed by atoms with E-state index in [9.17, 15) is 24.3 Å². The molecule has 0 rings (SSSR count). The van der Waals surface area contributed by atoms with E-state index in [1.54, 1.807) is 0 Å². The Labute approximate surface area is 189 Å². The Bertz CT molecular complexity index is 663. The minimum atomic E-state index is -1.14. The van der Waals surface area contributed by atoms with Crippen molar-refractivity contribution < 1.29 is 24.3 Å². The smallest absolute Gasteiger partial charge is 0.326 e. The number of carboxylic acid groups (broad SMARTS) is 1. The minimum Gasteiger partial charge on any atom is -0.480 e. The number of aliphatic imine (C=N–C) groups is 1. The summed E-state index contributed by atoms with van der Waals surface area (Å²) in [5, 5.41) is 16.7. The lowest BCUT2D eigenvalue weighted by atomic mass is 10.0. The Morgan fingerprint density at radius 1 is 0.906 bits per heavy atom. The number of nitrogens with two attached hydrogens (primary N) is 3. The zero-order valence-electron chi connectivity index (χ0n) is 19.4. The molecule has 0 saturated carbocycles. The van der Waals surface area contributed by atoms with Crippen molar-refractivity contribution in [2.24, 2.45) is 34.0 Å². The van der Waals surface area contributed by atoms with Crippen molar-refractivity contribution in [3.8, 4) is 0 Å². The molecule has 184 valence electrons. The van der Waals surface area contributed by atoms with Crippen molar-refractivity contribution in [1.82, 2.24) is 16.0 Å². The summed E-state index contributed by atoms with van der Waals surface area (Å²) in [5.41, 5.74) is 16.4. The van der Waals surface area contributed by atoms with Crippen LogP contribution >= 0.6 is 0 Å². The van der Waals surface area contributed by atoms with Gasteiger partial charge in [-0.1, -0.05) is 27.7 Å². The Morgan fingerprint density at radius 2 is 1.47 bits per heavy atom. The molecule has 0 aromatic carbocycles. The highest BCUT2D eigenvalue weighted by Crippen LogP contribution is 2.07. The first kappa shape index (κ1) is 29.1. The Morgan fingerprint density at radius 3 is 1.97 bits per heavy atom. The molecule has 0 aromatic rings. The highest BCUT2D eigenvalue weighted by molar-refractivity contribution is 5.92. The highest BCUT2D eigenvalue weighted by Gasteiger charge is 2.26. The van der Waals surface area contributed by atoms with Crippen LogP contribution in [0.15, 0.2) is 4.99 Å². The van der Waals surface area contributed by atoms with E-state index in [1.807, 2.05) is 27.7 Å². The second kappa shape index (κ2) is 15.0. The molecule has 0 fully saturated rings. The number of rotatable bonds is 15. The third-order valence-corrected chi connectivity index (χ3v) is 4.41. The number of nitrogens with one attached hydrogen (secondary N) is 3. The van der Waals surface area contributed by atoms with E-state index in [0.29, 0.717) is 25.8 Å². The number of carbonyl (C=O) groups excluding carboxylic acids is 3. The van der Waals surface area contributed by atoms with Gasteiger partial charge in [-0.25, -0.2) is 4.79 Å². The Balaban J connectivity index is 4.79. The maximum atomic E-state index is 12.6. The standard InChI is InChI=1S/C20H39N7O5/c1-11(2)8-14(27-17(29)13(21)6-5-7-24-20(22)23)18(30)25-10-16(28)26-15(19(31)32)9-12(3)4/h11-15H,5-10,21H2,1-4H3,(H,25,30)(H,26,28)(H,27,29)(H,31,32)(H4,22,23,24). The van der Waals surface area contributed by atoms with E-state index >= 15 is 0 Å². The van der Waals surface area contributed by atoms with Gasteiger partial charge in [0.15, 0.2) is 5.96 Å². The van der Waals surface area contributed by atoms with Gasteiger partial charge in [0.1, 0.15) is 12.1 Å². The fourth-order valence-electron chi connectivity index (χ4n) is 2.86. The summed E-state index contributed by atoms with van der Waals surface area (Å²) in [6.45, 7) is 7.39. The molecule has 0 bridgehead atoms. The zero-order chi connectivity index (χ0) is 24.8. The number of nitrogens with zero attached hydrogens (tertiary/aromatic N) is 1. The van der Waals surface area contributed by atoms with Gasteiger partial charge in [-0.2, -0.15) is 0 Å². The summed E-state index contributed by atoms with van der Waals surface area (Å²) >= 11 is 0. The average Bonchev–Trinajstić information content (AvgIpc) is 2.67. The molecule has 12 heteroatoms. The van der Waals surface area contributed by atoms with Gasteiger partial charge in [0.05, 0.1) is 12.6 Å². The molecular weight excluding hydrogens is 418 g/mol. The number of aliphatic carboxylic acids is 1. The number of hydrogen-bond donors (Lipinski definition) is 7. The van der Waals surface area contributed by atoms with Crippen molar-refractivity contribution in [1.29, 1.82) is 0 Å². The first-order valence-electron chi connectivity index (χ1n) is 10.7. The highest BCUT2D eigenvalue weighted by atomic mass is 16.4. The van der Waals surface area contributed by atoms with Gasteiger partial charge in [0.2, 0.25) is 17.7 Å². The lowest BCUT2D eigenvalue weighted by molar-refractivity contribution is -0.142. The number of amides is 3. The SMILES string of the molecule is CC(C)CC(NC(=O)CNC(=O)C(CC(C)C)NC(=O)C(N)CCCN=C(N)N)C(=O)O. The van der Waals surface area contributed by atoms with Crippen LogP contribution in [0, 0.1) is 11.8 Å². The van der Waals surface area contributed by atoms with Crippen molar-refractivity contribution in [2.75, 3.05) is 13.1 Å².